The molecule has 1 spiro atoms. The van der Waals surface area contributed by atoms with E-state index in [1.165, 1.54) is 0 Å². The van der Waals surface area contributed by atoms with E-state index >= 15 is 0 Å². The van der Waals surface area contributed by atoms with Gasteiger partial charge in [0.15, 0.2) is 0 Å². The lowest BCUT2D eigenvalue weighted by atomic mass is 9.92. The largest absolute Gasteiger partial charge is 0.387 e. The van der Waals surface area contributed by atoms with Crippen LogP contribution in [0.2, 0.25) is 0 Å². The number of amides is 1. The molecule has 0 aromatic heterocycles. The molecule has 2 aliphatic rings. The van der Waals surface area contributed by atoms with Crippen LogP contribution in [0.25, 0.3) is 10.8 Å². The van der Waals surface area contributed by atoms with Crippen LogP contribution in [0.1, 0.15) is 30.9 Å². The molecule has 4 rings (SSSR count). The van der Waals surface area contributed by atoms with Crippen LogP contribution in [0.4, 0.5) is 0 Å². The molecule has 3 N–H and O–H groups in total. The number of carbonyl (C=O) groups excluding carboxylic acids is 1. The molecule has 1 aliphatic carbocycles. The number of fused-ring (bicyclic) bond motifs is 1. The average molecular weight is 361 g/mol. The summed E-state index contributed by atoms with van der Waals surface area (Å²) in [5, 5.41) is 19.0. The molecule has 0 bridgehead atoms. The molecule has 2 unspecified atom stereocenters. The van der Waals surface area contributed by atoms with Crippen molar-refractivity contribution in [1.29, 1.82) is 0 Å². The highest BCUT2D eigenvalue weighted by Crippen LogP contribution is 2.58. The lowest BCUT2D eigenvalue weighted by Gasteiger charge is -2.23. The standard InChI is InChI=1S/C20H24N2O2.ClH/c23-18(16-6-5-14-3-1-2-4-15(14)11-16)13-22-19(24)17-12-20(17)7-9-21-10-8-20;/h1-6,11,17-18,21,23H,7-10,12-13H2,(H,22,24);1H. The van der Waals surface area contributed by atoms with Crippen molar-refractivity contribution in [2.45, 2.75) is 25.4 Å². The molecule has 134 valence electrons. The van der Waals surface area contributed by atoms with E-state index < -0.39 is 6.10 Å². The highest BCUT2D eigenvalue weighted by Gasteiger charge is 2.57. The fourth-order valence-corrected chi connectivity index (χ4v) is 4.05. The summed E-state index contributed by atoms with van der Waals surface area (Å²) >= 11 is 0. The first kappa shape index (κ1) is 18.2. The number of rotatable bonds is 4. The van der Waals surface area contributed by atoms with Gasteiger partial charge in [0.25, 0.3) is 0 Å². The normalized spacial score (nSPS) is 22.2. The molecule has 1 aliphatic heterocycles. The maximum atomic E-state index is 12.4. The van der Waals surface area contributed by atoms with Gasteiger partial charge in [-0.15, -0.1) is 12.4 Å². The van der Waals surface area contributed by atoms with Crippen LogP contribution >= 0.6 is 12.4 Å². The highest BCUT2D eigenvalue weighted by atomic mass is 35.5. The third kappa shape index (κ3) is 3.66. The molecular formula is C20H25ClN2O2. The van der Waals surface area contributed by atoms with Gasteiger partial charge < -0.3 is 15.7 Å². The molecule has 2 aromatic rings. The Morgan fingerprint density at radius 2 is 1.92 bits per heavy atom. The second kappa shape index (κ2) is 7.32. The van der Waals surface area contributed by atoms with Gasteiger partial charge in [0.1, 0.15) is 0 Å². The van der Waals surface area contributed by atoms with Gasteiger partial charge in [-0.2, -0.15) is 0 Å². The number of aliphatic hydroxyl groups excluding tert-OH is 1. The van der Waals surface area contributed by atoms with Gasteiger partial charge in [-0.3, -0.25) is 4.79 Å². The van der Waals surface area contributed by atoms with Gasteiger partial charge in [-0.1, -0.05) is 36.4 Å². The summed E-state index contributed by atoms with van der Waals surface area (Å²) in [5.41, 5.74) is 1.09. The number of hydrogen-bond acceptors (Lipinski definition) is 3. The smallest absolute Gasteiger partial charge is 0.223 e. The Labute approximate surface area is 154 Å². The summed E-state index contributed by atoms with van der Waals surface area (Å²) < 4.78 is 0. The van der Waals surface area contributed by atoms with E-state index in [1.54, 1.807) is 0 Å². The highest BCUT2D eigenvalue weighted by molar-refractivity contribution is 5.85. The van der Waals surface area contributed by atoms with E-state index in [1.807, 2.05) is 36.4 Å². The number of piperidine rings is 1. The van der Waals surface area contributed by atoms with Crippen LogP contribution < -0.4 is 10.6 Å². The van der Waals surface area contributed by atoms with E-state index in [0.29, 0.717) is 0 Å². The van der Waals surface area contributed by atoms with Crippen molar-refractivity contribution in [3.05, 3.63) is 48.0 Å². The fraction of sp³-hybridized carbons (Fsp3) is 0.450. The van der Waals surface area contributed by atoms with Gasteiger partial charge in [-0.05, 0) is 60.2 Å². The zero-order chi connectivity index (χ0) is 16.6. The van der Waals surface area contributed by atoms with E-state index in [9.17, 15) is 9.90 Å². The first-order chi connectivity index (χ1) is 11.7. The maximum Gasteiger partial charge on any atom is 0.223 e. The number of carbonyl (C=O) groups is 1. The van der Waals surface area contributed by atoms with Gasteiger partial charge in [-0.25, -0.2) is 0 Å². The molecule has 5 heteroatoms. The van der Waals surface area contributed by atoms with E-state index in [0.717, 1.165) is 48.7 Å². The molecular weight excluding hydrogens is 336 g/mol. The third-order valence-electron chi connectivity index (χ3n) is 5.73. The quantitative estimate of drug-likeness (QED) is 0.785. The third-order valence-corrected chi connectivity index (χ3v) is 5.73. The molecule has 2 fully saturated rings. The molecule has 1 amide bonds. The summed E-state index contributed by atoms with van der Waals surface area (Å²) in [6, 6.07) is 14.0. The Kier molecular flexibility index (Phi) is 5.32. The number of halogens is 1. The van der Waals surface area contributed by atoms with Gasteiger partial charge in [0.05, 0.1) is 6.10 Å². The molecule has 2 atom stereocenters. The lowest BCUT2D eigenvalue weighted by molar-refractivity contribution is -0.123. The van der Waals surface area contributed by atoms with E-state index in [2.05, 4.69) is 16.7 Å². The van der Waals surface area contributed by atoms with Crippen molar-refractivity contribution in [3.8, 4) is 0 Å². The number of benzene rings is 2. The molecule has 1 saturated carbocycles. The zero-order valence-electron chi connectivity index (χ0n) is 14.2. The van der Waals surface area contributed by atoms with E-state index in [-0.39, 0.29) is 36.2 Å². The molecule has 0 radical (unpaired) electrons. The SMILES string of the molecule is Cl.O=C(NCC(O)c1ccc2ccccc2c1)C1CC12CCNCC2. The lowest BCUT2D eigenvalue weighted by Crippen LogP contribution is -2.35. The van der Waals surface area contributed by atoms with E-state index in [4.69, 9.17) is 0 Å². The van der Waals surface area contributed by atoms with Crippen molar-refractivity contribution in [1.82, 2.24) is 10.6 Å². The molecule has 1 heterocycles. The minimum Gasteiger partial charge on any atom is -0.387 e. The Morgan fingerprint density at radius 3 is 2.68 bits per heavy atom. The molecule has 25 heavy (non-hydrogen) atoms. The predicted molar refractivity (Wildman–Crippen MR) is 102 cm³/mol. The van der Waals surface area contributed by atoms with Gasteiger partial charge in [0, 0.05) is 12.5 Å². The van der Waals surface area contributed by atoms with Crippen LogP contribution in [0.3, 0.4) is 0 Å². The molecule has 1 saturated heterocycles. The maximum absolute atomic E-state index is 12.4. The summed E-state index contributed by atoms with van der Waals surface area (Å²) in [6.07, 6.45) is 2.53. The van der Waals surface area contributed by atoms with Crippen molar-refractivity contribution in [3.63, 3.8) is 0 Å². The second-order valence-electron chi connectivity index (χ2n) is 7.24. The number of hydrogen-bond donors (Lipinski definition) is 3. The van der Waals surface area contributed by atoms with Crippen molar-refractivity contribution < 1.29 is 9.90 Å². The average Bonchev–Trinajstić information content (AvgIpc) is 3.32. The Morgan fingerprint density at radius 1 is 1.20 bits per heavy atom. The van der Waals surface area contributed by atoms with Crippen LogP contribution in [-0.2, 0) is 4.79 Å². The monoisotopic (exact) mass is 360 g/mol. The van der Waals surface area contributed by atoms with Crippen LogP contribution in [0, 0.1) is 11.3 Å². The van der Waals surface area contributed by atoms with Gasteiger partial charge >= 0.3 is 0 Å². The second-order valence-corrected chi connectivity index (χ2v) is 7.24. The Bertz CT molecular complexity index is 758. The number of aliphatic hydroxyl groups is 1. The minimum atomic E-state index is -0.665. The molecule has 2 aromatic carbocycles. The Hall–Kier alpha value is -1.62. The van der Waals surface area contributed by atoms with Crippen molar-refractivity contribution >= 4 is 29.1 Å². The van der Waals surface area contributed by atoms with Crippen LogP contribution in [-0.4, -0.2) is 30.6 Å². The minimum absolute atomic E-state index is 0. The van der Waals surface area contributed by atoms with Crippen molar-refractivity contribution in [2.75, 3.05) is 19.6 Å². The Balaban J connectivity index is 0.00000182. The predicted octanol–water partition coefficient (Wildman–Crippen LogP) is 2.80. The first-order valence-corrected chi connectivity index (χ1v) is 8.83. The van der Waals surface area contributed by atoms with Gasteiger partial charge in [0.2, 0.25) is 5.91 Å². The summed E-state index contributed by atoms with van der Waals surface area (Å²) in [7, 11) is 0. The number of nitrogens with one attached hydrogen (secondary N) is 2. The first-order valence-electron chi connectivity index (χ1n) is 8.83. The fourth-order valence-electron chi connectivity index (χ4n) is 4.05. The summed E-state index contributed by atoms with van der Waals surface area (Å²) in [5.74, 6) is 0.250. The van der Waals surface area contributed by atoms with Crippen molar-refractivity contribution in [2.24, 2.45) is 11.3 Å². The summed E-state index contributed by atoms with van der Waals surface area (Å²) in [6.45, 7) is 2.31. The zero-order valence-corrected chi connectivity index (χ0v) is 15.0. The molecule has 4 nitrogen and oxygen atoms in total. The summed E-state index contributed by atoms with van der Waals surface area (Å²) in [4.78, 5) is 12.4. The van der Waals surface area contributed by atoms with Crippen LogP contribution in [0.15, 0.2) is 42.5 Å². The van der Waals surface area contributed by atoms with Crippen LogP contribution in [0.5, 0.6) is 0 Å². The topological polar surface area (TPSA) is 61.4 Å².